The molecule has 0 atom stereocenters. The Morgan fingerprint density at radius 1 is 1.11 bits per heavy atom. The van der Waals surface area contributed by atoms with Gasteiger partial charge in [0.1, 0.15) is 16.5 Å². The second-order valence-corrected chi connectivity index (χ2v) is 5.07. The van der Waals surface area contributed by atoms with Gasteiger partial charge in [-0.15, -0.1) is 0 Å². The number of nitrogens with zero attached hydrogens (tertiary/aromatic N) is 1. The Hall–Kier alpha value is -1.94. The molecule has 0 unspecified atom stereocenters. The summed E-state index contributed by atoms with van der Waals surface area (Å²) in [5.41, 5.74) is 8.95. The standard InChI is InChI=1S/C15H14N2OS/c16-15(19)14-7-6-13(9-17-14)18-12-5-4-10-2-1-3-11(10)8-12/h4-9H,1-3H2,(H2,16,19). The number of benzene rings is 1. The van der Waals surface area contributed by atoms with Crippen molar-refractivity contribution in [1.29, 1.82) is 0 Å². The van der Waals surface area contributed by atoms with Crippen molar-refractivity contribution < 1.29 is 4.74 Å². The summed E-state index contributed by atoms with van der Waals surface area (Å²) in [5, 5.41) is 0. The summed E-state index contributed by atoms with van der Waals surface area (Å²) in [6, 6.07) is 9.86. The second-order valence-electron chi connectivity index (χ2n) is 4.63. The highest BCUT2D eigenvalue weighted by Crippen LogP contribution is 2.28. The summed E-state index contributed by atoms with van der Waals surface area (Å²) in [6.45, 7) is 0. The quantitative estimate of drug-likeness (QED) is 0.871. The third-order valence-electron chi connectivity index (χ3n) is 3.29. The number of hydrogen-bond acceptors (Lipinski definition) is 3. The van der Waals surface area contributed by atoms with Crippen LogP contribution < -0.4 is 10.5 Å². The van der Waals surface area contributed by atoms with E-state index < -0.39 is 0 Å². The Kier molecular flexibility index (Phi) is 3.17. The van der Waals surface area contributed by atoms with Crippen LogP contribution in [0, 0.1) is 0 Å². The normalized spacial score (nSPS) is 13.1. The molecule has 96 valence electrons. The minimum atomic E-state index is 0.295. The lowest BCUT2D eigenvalue weighted by Gasteiger charge is -2.07. The van der Waals surface area contributed by atoms with Crippen molar-refractivity contribution in [1.82, 2.24) is 4.98 Å². The third kappa shape index (κ3) is 2.58. The fourth-order valence-electron chi connectivity index (χ4n) is 2.33. The lowest BCUT2D eigenvalue weighted by atomic mass is 10.1. The third-order valence-corrected chi connectivity index (χ3v) is 3.50. The van der Waals surface area contributed by atoms with Gasteiger partial charge in [0.25, 0.3) is 0 Å². The van der Waals surface area contributed by atoms with Gasteiger partial charge >= 0.3 is 0 Å². The van der Waals surface area contributed by atoms with Crippen molar-refractivity contribution in [2.24, 2.45) is 5.73 Å². The molecule has 1 aromatic heterocycles. The van der Waals surface area contributed by atoms with E-state index in [2.05, 4.69) is 17.1 Å². The lowest BCUT2D eigenvalue weighted by Crippen LogP contribution is -2.10. The van der Waals surface area contributed by atoms with Crippen LogP contribution in [0.3, 0.4) is 0 Å². The number of fused-ring (bicyclic) bond motifs is 1. The Labute approximate surface area is 117 Å². The molecule has 0 radical (unpaired) electrons. The van der Waals surface area contributed by atoms with E-state index in [9.17, 15) is 0 Å². The smallest absolute Gasteiger partial charge is 0.145 e. The molecule has 0 saturated heterocycles. The molecule has 1 aliphatic rings. The van der Waals surface area contributed by atoms with Crippen molar-refractivity contribution in [3.63, 3.8) is 0 Å². The van der Waals surface area contributed by atoms with E-state index in [1.807, 2.05) is 12.1 Å². The van der Waals surface area contributed by atoms with Crippen LogP contribution in [0.15, 0.2) is 36.5 Å². The van der Waals surface area contributed by atoms with Crippen LogP contribution in [-0.2, 0) is 12.8 Å². The molecule has 4 heteroatoms. The number of aryl methyl sites for hydroxylation is 2. The summed E-state index contributed by atoms with van der Waals surface area (Å²) >= 11 is 4.86. The first-order chi connectivity index (χ1) is 9.22. The maximum Gasteiger partial charge on any atom is 0.145 e. The molecule has 1 aromatic carbocycles. The molecular formula is C15H14N2OS. The lowest BCUT2D eigenvalue weighted by molar-refractivity contribution is 0.479. The van der Waals surface area contributed by atoms with Gasteiger partial charge in [-0.05, 0) is 54.7 Å². The van der Waals surface area contributed by atoms with E-state index in [0.717, 1.165) is 12.2 Å². The van der Waals surface area contributed by atoms with E-state index in [1.165, 1.54) is 24.0 Å². The van der Waals surface area contributed by atoms with Crippen LogP contribution in [0.2, 0.25) is 0 Å². The Morgan fingerprint density at radius 3 is 2.63 bits per heavy atom. The van der Waals surface area contributed by atoms with Crippen LogP contribution in [0.25, 0.3) is 0 Å². The van der Waals surface area contributed by atoms with Gasteiger partial charge < -0.3 is 10.5 Å². The predicted octanol–water partition coefficient (Wildman–Crippen LogP) is 3.00. The number of aromatic nitrogens is 1. The minimum Gasteiger partial charge on any atom is -0.456 e. The van der Waals surface area contributed by atoms with Gasteiger partial charge in [0.2, 0.25) is 0 Å². The van der Waals surface area contributed by atoms with Crippen molar-refractivity contribution in [3.05, 3.63) is 53.3 Å². The molecule has 2 aromatic rings. The van der Waals surface area contributed by atoms with Gasteiger partial charge in [0.05, 0.1) is 11.9 Å². The van der Waals surface area contributed by atoms with Crippen molar-refractivity contribution in [2.75, 3.05) is 0 Å². The SMILES string of the molecule is NC(=S)c1ccc(Oc2ccc3c(c2)CCC3)cn1. The molecule has 0 spiro atoms. The molecule has 1 aliphatic carbocycles. The number of hydrogen-bond donors (Lipinski definition) is 1. The van der Waals surface area contributed by atoms with Crippen LogP contribution in [0.1, 0.15) is 23.2 Å². The average molecular weight is 270 g/mol. The van der Waals surface area contributed by atoms with E-state index in [4.69, 9.17) is 22.7 Å². The average Bonchev–Trinajstić information content (AvgIpc) is 2.87. The fraction of sp³-hybridized carbons (Fsp3) is 0.200. The summed E-state index contributed by atoms with van der Waals surface area (Å²) < 4.78 is 5.79. The highest BCUT2D eigenvalue weighted by molar-refractivity contribution is 7.80. The second kappa shape index (κ2) is 4.97. The van der Waals surface area contributed by atoms with E-state index in [1.54, 1.807) is 12.3 Å². The van der Waals surface area contributed by atoms with Gasteiger partial charge in [0, 0.05) is 0 Å². The van der Waals surface area contributed by atoms with E-state index >= 15 is 0 Å². The zero-order valence-corrected chi connectivity index (χ0v) is 11.2. The molecule has 3 rings (SSSR count). The van der Waals surface area contributed by atoms with Crippen molar-refractivity contribution >= 4 is 17.2 Å². The number of rotatable bonds is 3. The van der Waals surface area contributed by atoms with Crippen molar-refractivity contribution in [3.8, 4) is 11.5 Å². The Bertz CT molecular complexity index is 623. The minimum absolute atomic E-state index is 0.295. The summed E-state index contributed by atoms with van der Waals surface area (Å²) in [6.07, 6.45) is 5.20. The molecule has 0 amide bonds. The first-order valence-corrected chi connectivity index (χ1v) is 6.69. The predicted molar refractivity (Wildman–Crippen MR) is 78.7 cm³/mol. The maximum absolute atomic E-state index is 5.79. The van der Waals surface area contributed by atoms with Gasteiger partial charge in [-0.1, -0.05) is 18.3 Å². The van der Waals surface area contributed by atoms with Crippen LogP contribution >= 0.6 is 12.2 Å². The molecule has 0 fully saturated rings. The van der Waals surface area contributed by atoms with E-state index in [-0.39, 0.29) is 0 Å². The summed E-state index contributed by atoms with van der Waals surface area (Å²) in [4.78, 5) is 4.45. The zero-order chi connectivity index (χ0) is 13.2. The number of nitrogens with two attached hydrogens (primary N) is 1. The topological polar surface area (TPSA) is 48.1 Å². The van der Waals surface area contributed by atoms with Crippen molar-refractivity contribution in [2.45, 2.75) is 19.3 Å². The van der Waals surface area contributed by atoms with Gasteiger partial charge in [0.15, 0.2) is 0 Å². The largest absolute Gasteiger partial charge is 0.456 e. The highest BCUT2D eigenvalue weighted by Gasteiger charge is 2.11. The molecular weight excluding hydrogens is 256 g/mol. The number of pyridine rings is 1. The number of ether oxygens (including phenoxy) is 1. The van der Waals surface area contributed by atoms with Crippen LogP contribution in [-0.4, -0.2) is 9.97 Å². The highest BCUT2D eigenvalue weighted by atomic mass is 32.1. The molecule has 3 nitrogen and oxygen atoms in total. The first kappa shape index (κ1) is 12.1. The van der Waals surface area contributed by atoms with E-state index in [0.29, 0.717) is 16.4 Å². The maximum atomic E-state index is 5.79. The Balaban J connectivity index is 1.79. The molecule has 1 heterocycles. The van der Waals surface area contributed by atoms with Crippen LogP contribution in [0.5, 0.6) is 11.5 Å². The molecule has 2 N–H and O–H groups in total. The van der Waals surface area contributed by atoms with Gasteiger partial charge in [-0.25, -0.2) is 4.98 Å². The monoisotopic (exact) mass is 270 g/mol. The van der Waals surface area contributed by atoms with Gasteiger partial charge in [-0.2, -0.15) is 0 Å². The Morgan fingerprint density at radius 2 is 1.89 bits per heavy atom. The molecule has 0 bridgehead atoms. The molecule has 19 heavy (non-hydrogen) atoms. The number of thiocarbonyl (C=S) groups is 1. The first-order valence-electron chi connectivity index (χ1n) is 6.28. The fourth-order valence-corrected chi connectivity index (χ4v) is 2.45. The summed E-state index contributed by atoms with van der Waals surface area (Å²) in [5.74, 6) is 1.54. The van der Waals surface area contributed by atoms with Crippen LogP contribution in [0.4, 0.5) is 0 Å². The molecule has 0 aliphatic heterocycles. The summed E-state index contributed by atoms with van der Waals surface area (Å²) in [7, 11) is 0. The molecule has 0 saturated carbocycles. The zero-order valence-electron chi connectivity index (χ0n) is 10.4. The van der Waals surface area contributed by atoms with Gasteiger partial charge in [-0.3, -0.25) is 0 Å².